The number of nitrogens with two attached hydrogens (primary N) is 1. The summed E-state index contributed by atoms with van der Waals surface area (Å²) in [5, 5.41) is 3.66. The van der Waals surface area contributed by atoms with E-state index in [-0.39, 0.29) is 0 Å². The molecule has 1 aromatic rings. The molecule has 3 aliphatic carbocycles. The molecule has 1 spiro atoms. The topological polar surface area (TPSA) is 70.3 Å². The van der Waals surface area contributed by atoms with Gasteiger partial charge in [0.25, 0.3) is 0 Å². The fourth-order valence-corrected chi connectivity index (χ4v) is 4.56. The lowest BCUT2D eigenvalue weighted by molar-refractivity contribution is 0.412. The van der Waals surface area contributed by atoms with Crippen molar-refractivity contribution in [3.63, 3.8) is 0 Å². The Kier molecular flexibility index (Phi) is 1.78. The zero-order valence-electron chi connectivity index (χ0n) is 11.8. The van der Waals surface area contributed by atoms with E-state index in [1.807, 2.05) is 0 Å². The number of nitrogens with zero attached hydrogens (tertiary/aromatic N) is 4. The van der Waals surface area contributed by atoms with E-state index in [0.717, 1.165) is 37.3 Å². The highest BCUT2D eigenvalue weighted by molar-refractivity contribution is 5.59. The predicted molar refractivity (Wildman–Crippen MR) is 77.4 cm³/mol. The summed E-state index contributed by atoms with van der Waals surface area (Å²) in [6, 6.07) is 2.06. The zero-order valence-corrected chi connectivity index (χ0v) is 11.8. The molecule has 6 nitrogen and oxygen atoms in total. The second kappa shape index (κ2) is 3.19. The van der Waals surface area contributed by atoms with Crippen LogP contribution in [0.1, 0.15) is 19.3 Å². The Morgan fingerprint density at radius 3 is 2.85 bits per heavy atom. The molecule has 3 unspecified atom stereocenters. The molecule has 4 aliphatic rings. The van der Waals surface area contributed by atoms with Crippen LogP contribution in [-0.2, 0) is 0 Å². The van der Waals surface area contributed by atoms with Crippen LogP contribution in [0.4, 0.5) is 17.6 Å². The van der Waals surface area contributed by atoms with Crippen molar-refractivity contribution in [3.05, 3.63) is 6.07 Å². The van der Waals surface area contributed by atoms with Gasteiger partial charge in [-0.3, -0.25) is 4.90 Å². The molecule has 0 amide bonds. The van der Waals surface area contributed by atoms with E-state index in [2.05, 4.69) is 38.2 Å². The van der Waals surface area contributed by atoms with Crippen molar-refractivity contribution in [2.24, 2.45) is 11.3 Å². The summed E-state index contributed by atoms with van der Waals surface area (Å²) in [5.41, 5.74) is 6.91. The molecule has 3 N–H and O–H groups in total. The Balaban J connectivity index is 1.40. The molecule has 0 aromatic carbocycles. The Morgan fingerprint density at radius 2 is 2.25 bits per heavy atom. The zero-order chi connectivity index (χ0) is 13.5. The van der Waals surface area contributed by atoms with E-state index in [1.165, 1.54) is 19.3 Å². The molecule has 4 fully saturated rings. The molecule has 2 heterocycles. The van der Waals surface area contributed by atoms with Crippen LogP contribution < -0.4 is 16.0 Å². The molecule has 1 aromatic heterocycles. The summed E-state index contributed by atoms with van der Waals surface area (Å²) in [7, 11) is 2.12. The van der Waals surface area contributed by atoms with Gasteiger partial charge in [-0.15, -0.1) is 0 Å². The van der Waals surface area contributed by atoms with E-state index in [0.29, 0.717) is 16.9 Å². The van der Waals surface area contributed by atoms with Crippen LogP contribution in [0.2, 0.25) is 0 Å². The lowest BCUT2D eigenvalue weighted by atomic mass is 9.93. The average Bonchev–Trinajstić information content (AvgIpc) is 3.03. The van der Waals surface area contributed by atoms with Crippen molar-refractivity contribution >= 4 is 17.6 Å². The number of likely N-dealkylation sites (N-methyl/N-ethyl adjacent to an activating group) is 1. The minimum atomic E-state index is 0.359. The maximum Gasteiger partial charge on any atom is 0.223 e. The molecule has 1 aliphatic heterocycles. The number of rotatable bonds is 3. The molecule has 20 heavy (non-hydrogen) atoms. The first-order valence-electron chi connectivity index (χ1n) is 7.47. The van der Waals surface area contributed by atoms with Gasteiger partial charge < -0.3 is 16.0 Å². The fraction of sp³-hybridized carbons (Fsp3) is 0.714. The SMILES string of the molecule is CN1CCN(c2cc(NC34CC5CC53C4)nc(N)n2)C1. The van der Waals surface area contributed by atoms with Crippen LogP contribution in [0.25, 0.3) is 0 Å². The Morgan fingerprint density at radius 1 is 1.35 bits per heavy atom. The van der Waals surface area contributed by atoms with Crippen molar-refractivity contribution in [1.29, 1.82) is 0 Å². The number of nitrogen functional groups attached to an aromatic ring is 1. The first-order chi connectivity index (χ1) is 9.60. The molecule has 106 valence electrons. The molecular weight excluding hydrogens is 252 g/mol. The highest BCUT2D eigenvalue weighted by Gasteiger charge is 2.88. The van der Waals surface area contributed by atoms with E-state index in [4.69, 9.17) is 5.73 Å². The average molecular weight is 272 g/mol. The van der Waals surface area contributed by atoms with Crippen LogP contribution in [0.3, 0.4) is 0 Å². The van der Waals surface area contributed by atoms with Crippen molar-refractivity contribution < 1.29 is 0 Å². The van der Waals surface area contributed by atoms with Gasteiger partial charge in [0, 0.05) is 24.7 Å². The molecule has 6 heteroatoms. The summed E-state index contributed by atoms with van der Waals surface area (Å²) in [4.78, 5) is 13.3. The number of hydrogen-bond donors (Lipinski definition) is 2. The van der Waals surface area contributed by atoms with E-state index >= 15 is 0 Å². The van der Waals surface area contributed by atoms with Crippen LogP contribution in [-0.4, -0.2) is 47.2 Å². The Bertz CT molecular complexity index is 599. The highest BCUT2D eigenvalue weighted by Crippen LogP contribution is 2.89. The Labute approximate surface area is 118 Å². The third-order valence-corrected chi connectivity index (χ3v) is 5.86. The summed E-state index contributed by atoms with van der Waals surface area (Å²) < 4.78 is 0. The number of anilines is 3. The number of aromatic nitrogens is 2. The molecule has 3 atom stereocenters. The maximum atomic E-state index is 5.89. The van der Waals surface area contributed by atoms with Crippen LogP contribution in [0, 0.1) is 11.3 Å². The second-order valence-electron chi connectivity index (χ2n) is 7.10. The van der Waals surface area contributed by atoms with Gasteiger partial charge in [0.2, 0.25) is 5.95 Å². The number of hydrogen-bond acceptors (Lipinski definition) is 6. The highest BCUT2D eigenvalue weighted by atomic mass is 15.4. The van der Waals surface area contributed by atoms with Crippen molar-refractivity contribution in [2.45, 2.75) is 24.8 Å². The quantitative estimate of drug-likeness (QED) is 0.845. The molecule has 5 rings (SSSR count). The third-order valence-electron chi connectivity index (χ3n) is 5.86. The molecule has 0 radical (unpaired) electrons. The summed E-state index contributed by atoms with van der Waals surface area (Å²) in [5.74, 6) is 3.23. The van der Waals surface area contributed by atoms with E-state index < -0.39 is 0 Å². The van der Waals surface area contributed by atoms with Gasteiger partial charge in [-0.05, 0) is 37.6 Å². The van der Waals surface area contributed by atoms with Gasteiger partial charge in [0.05, 0.1) is 6.67 Å². The molecule has 3 saturated carbocycles. The van der Waals surface area contributed by atoms with Gasteiger partial charge in [0.15, 0.2) is 0 Å². The smallest absolute Gasteiger partial charge is 0.223 e. The summed E-state index contributed by atoms with van der Waals surface area (Å²) in [6.07, 6.45) is 4.07. The first-order valence-corrected chi connectivity index (χ1v) is 7.47. The van der Waals surface area contributed by atoms with Gasteiger partial charge in [0.1, 0.15) is 11.6 Å². The molecular formula is C14H20N6. The van der Waals surface area contributed by atoms with E-state index in [1.54, 1.807) is 0 Å². The van der Waals surface area contributed by atoms with E-state index in [9.17, 15) is 0 Å². The Hall–Kier alpha value is -1.56. The number of nitrogens with one attached hydrogen (secondary N) is 1. The molecule has 0 bridgehead atoms. The van der Waals surface area contributed by atoms with Gasteiger partial charge in [-0.1, -0.05) is 0 Å². The van der Waals surface area contributed by atoms with Crippen molar-refractivity contribution in [2.75, 3.05) is 42.8 Å². The fourth-order valence-electron chi connectivity index (χ4n) is 4.56. The monoisotopic (exact) mass is 272 g/mol. The third kappa shape index (κ3) is 1.28. The van der Waals surface area contributed by atoms with Crippen molar-refractivity contribution in [3.8, 4) is 0 Å². The first kappa shape index (κ1) is 11.1. The standard InChI is InChI=1S/C14H20N6/c1-19-2-3-20(8-19)11-4-10(16-12(15)17-11)18-14-6-9-5-13(9,14)7-14/h4,9H,2-3,5-8H2,1H3,(H3,15,16,17,18). The van der Waals surface area contributed by atoms with Gasteiger partial charge in [-0.2, -0.15) is 9.97 Å². The van der Waals surface area contributed by atoms with Crippen LogP contribution in [0.5, 0.6) is 0 Å². The van der Waals surface area contributed by atoms with Crippen molar-refractivity contribution in [1.82, 2.24) is 14.9 Å². The lowest BCUT2D eigenvalue weighted by Crippen LogP contribution is -2.33. The predicted octanol–water partition coefficient (Wildman–Crippen LogP) is 0.732. The van der Waals surface area contributed by atoms with Gasteiger partial charge >= 0.3 is 0 Å². The largest absolute Gasteiger partial charge is 0.368 e. The maximum absolute atomic E-state index is 5.89. The van der Waals surface area contributed by atoms with Crippen LogP contribution in [0.15, 0.2) is 6.07 Å². The van der Waals surface area contributed by atoms with Crippen LogP contribution >= 0.6 is 0 Å². The lowest BCUT2D eigenvalue weighted by Gasteiger charge is -2.27. The second-order valence-corrected chi connectivity index (χ2v) is 7.10. The van der Waals surface area contributed by atoms with Gasteiger partial charge in [-0.25, -0.2) is 0 Å². The normalized spacial score (nSPS) is 40.9. The minimum Gasteiger partial charge on any atom is -0.368 e. The summed E-state index contributed by atoms with van der Waals surface area (Å²) in [6.45, 7) is 2.98. The minimum absolute atomic E-state index is 0.359. The summed E-state index contributed by atoms with van der Waals surface area (Å²) >= 11 is 0. The molecule has 1 saturated heterocycles.